The molecule has 0 spiro atoms. The summed E-state index contributed by atoms with van der Waals surface area (Å²) in [7, 11) is 1.97. The predicted molar refractivity (Wildman–Crippen MR) is 88.5 cm³/mol. The number of fused-ring (bicyclic) bond motifs is 1. The molecule has 0 amide bonds. The van der Waals surface area contributed by atoms with Gasteiger partial charge in [-0.25, -0.2) is 4.68 Å². The number of para-hydroxylation sites is 1. The van der Waals surface area contributed by atoms with Crippen molar-refractivity contribution in [2.75, 3.05) is 7.05 Å². The molecule has 0 saturated carbocycles. The number of rotatable bonds is 6. The summed E-state index contributed by atoms with van der Waals surface area (Å²) in [6, 6.07) is 6.15. The SMILES string of the molecule is Cc1c(CN(C)Cc2cn(CC(=O)O)nn2)oc2c(C)cccc12. The Bertz CT molecular complexity index is 881. The number of aromatic nitrogens is 3. The molecule has 2 aromatic heterocycles. The summed E-state index contributed by atoms with van der Waals surface area (Å²) in [6.45, 7) is 5.14. The first-order valence-corrected chi connectivity index (χ1v) is 7.71. The molecule has 3 aromatic rings. The Balaban J connectivity index is 1.72. The number of carboxylic acids is 1. The Morgan fingerprint density at radius 3 is 2.83 bits per heavy atom. The number of benzene rings is 1. The fourth-order valence-electron chi connectivity index (χ4n) is 2.79. The largest absolute Gasteiger partial charge is 0.480 e. The maximum atomic E-state index is 10.7. The molecule has 126 valence electrons. The molecule has 0 radical (unpaired) electrons. The average Bonchev–Trinajstić information content (AvgIpc) is 3.06. The molecule has 0 aliphatic rings. The molecule has 7 nitrogen and oxygen atoms in total. The number of furan rings is 1. The normalized spacial score (nSPS) is 11.5. The lowest BCUT2D eigenvalue weighted by molar-refractivity contribution is -0.137. The standard InChI is InChI=1S/C17H20N4O3/c1-11-5-4-6-14-12(2)15(24-17(11)14)9-20(3)7-13-8-21(19-18-13)10-16(22)23/h4-6,8H,7,9-10H2,1-3H3,(H,22,23). The number of aryl methyl sites for hydroxylation is 2. The van der Waals surface area contributed by atoms with Gasteiger partial charge >= 0.3 is 5.97 Å². The topological polar surface area (TPSA) is 84.4 Å². The predicted octanol–water partition coefficient (Wildman–Crippen LogP) is 2.36. The molecule has 7 heteroatoms. The van der Waals surface area contributed by atoms with Gasteiger partial charge in [-0.1, -0.05) is 23.4 Å². The van der Waals surface area contributed by atoms with Crippen molar-refractivity contribution < 1.29 is 14.3 Å². The van der Waals surface area contributed by atoms with E-state index in [4.69, 9.17) is 9.52 Å². The summed E-state index contributed by atoms with van der Waals surface area (Å²) in [6.07, 6.45) is 1.65. The highest BCUT2D eigenvalue weighted by Gasteiger charge is 2.14. The van der Waals surface area contributed by atoms with Crippen LogP contribution in [0.15, 0.2) is 28.8 Å². The van der Waals surface area contributed by atoms with Crippen LogP contribution in [-0.4, -0.2) is 38.0 Å². The van der Waals surface area contributed by atoms with Crippen molar-refractivity contribution in [3.05, 3.63) is 47.0 Å². The third-order valence-corrected chi connectivity index (χ3v) is 3.99. The second kappa shape index (κ2) is 6.45. The highest BCUT2D eigenvalue weighted by atomic mass is 16.4. The molecular formula is C17H20N4O3. The van der Waals surface area contributed by atoms with Crippen LogP contribution in [0.4, 0.5) is 0 Å². The summed E-state index contributed by atoms with van der Waals surface area (Å²) in [5.74, 6) is -0.00666. The average molecular weight is 328 g/mol. The minimum Gasteiger partial charge on any atom is -0.480 e. The number of hydrogen-bond acceptors (Lipinski definition) is 5. The van der Waals surface area contributed by atoms with E-state index in [1.165, 1.54) is 4.68 Å². The first-order chi connectivity index (χ1) is 11.4. The Kier molecular flexibility index (Phi) is 4.35. The van der Waals surface area contributed by atoms with E-state index in [-0.39, 0.29) is 6.54 Å². The Hall–Kier alpha value is -2.67. The molecule has 3 rings (SSSR count). The monoisotopic (exact) mass is 328 g/mol. The second-order valence-electron chi connectivity index (χ2n) is 6.08. The zero-order valence-corrected chi connectivity index (χ0v) is 14.0. The van der Waals surface area contributed by atoms with Crippen molar-refractivity contribution >= 4 is 16.9 Å². The zero-order valence-electron chi connectivity index (χ0n) is 14.0. The van der Waals surface area contributed by atoms with Crippen LogP contribution in [-0.2, 0) is 24.4 Å². The quantitative estimate of drug-likeness (QED) is 0.748. The maximum absolute atomic E-state index is 10.7. The van der Waals surface area contributed by atoms with Gasteiger partial charge in [0.25, 0.3) is 0 Å². The molecule has 0 fully saturated rings. The lowest BCUT2D eigenvalue weighted by Crippen LogP contribution is -2.17. The maximum Gasteiger partial charge on any atom is 0.325 e. The lowest BCUT2D eigenvalue weighted by atomic mass is 10.1. The van der Waals surface area contributed by atoms with Crippen molar-refractivity contribution in [1.29, 1.82) is 0 Å². The van der Waals surface area contributed by atoms with Crippen LogP contribution < -0.4 is 0 Å². The molecular weight excluding hydrogens is 308 g/mol. The van der Waals surface area contributed by atoms with E-state index in [1.54, 1.807) is 6.20 Å². The smallest absolute Gasteiger partial charge is 0.325 e. The van der Waals surface area contributed by atoms with Gasteiger partial charge in [0.2, 0.25) is 0 Å². The molecule has 0 unspecified atom stereocenters. The highest BCUT2D eigenvalue weighted by molar-refractivity contribution is 5.84. The second-order valence-corrected chi connectivity index (χ2v) is 6.08. The van der Waals surface area contributed by atoms with E-state index in [9.17, 15) is 4.79 Å². The molecule has 1 N–H and O–H groups in total. The molecule has 0 saturated heterocycles. The van der Waals surface area contributed by atoms with Crippen LogP contribution in [0.3, 0.4) is 0 Å². The summed E-state index contributed by atoms with van der Waals surface area (Å²) < 4.78 is 7.36. The van der Waals surface area contributed by atoms with Gasteiger partial charge in [-0.3, -0.25) is 9.69 Å². The minimum atomic E-state index is -0.937. The Morgan fingerprint density at radius 1 is 1.33 bits per heavy atom. The lowest BCUT2D eigenvalue weighted by Gasteiger charge is -2.13. The van der Waals surface area contributed by atoms with Gasteiger partial charge in [-0.2, -0.15) is 0 Å². The van der Waals surface area contributed by atoms with Crippen molar-refractivity contribution in [1.82, 2.24) is 19.9 Å². The first-order valence-electron chi connectivity index (χ1n) is 7.71. The number of aliphatic carboxylic acids is 1. The van der Waals surface area contributed by atoms with E-state index in [2.05, 4.69) is 28.2 Å². The van der Waals surface area contributed by atoms with Gasteiger partial charge in [0.05, 0.1) is 18.4 Å². The van der Waals surface area contributed by atoms with Gasteiger partial charge < -0.3 is 9.52 Å². The first kappa shape index (κ1) is 16.2. The highest BCUT2D eigenvalue weighted by Crippen LogP contribution is 2.28. The van der Waals surface area contributed by atoms with E-state index < -0.39 is 5.97 Å². The zero-order chi connectivity index (χ0) is 17.3. The fourth-order valence-corrected chi connectivity index (χ4v) is 2.79. The number of carbonyl (C=O) groups is 1. The van der Waals surface area contributed by atoms with Gasteiger partial charge in [0.1, 0.15) is 17.9 Å². The van der Waals surface area contributed by atoms with Crippen molar-refractivity contribution in [2.45, 2.75) is 33.5 Å². The van der Waals surface area contributed by atoms with E-state index in [1.807, 2.05) is 26.1 Å². The van der Waals surface area contributed by atoms with Crippen LogP contribution in [0.1, 0.15) is 22.6 Å². The van der Waals surface area contributed by atoms with Gasteiger partial charge in [-0.15, -0.1) is 5.10 Å². The summed E-state index contributed by atoms with van der Waals surface area (Å²) in [5.41, 5.74) is 3.94. The van der Waals surface area contributed by atoms with Gasteiger partial charge in [-0.05, 0) is 32.0 Å². The fraction of sp³-hybridized carbons (Fsp3) is 0.353. The van der Waals surface area contributed by atoms with Gasteiger partial charge in [0, 0.05) is 11.9 Å². The van der Waals surface area contributed by atoms with Crippen LogP contribution in [0.5, 0.6) is 0 Å². The number of carboxylic acid groups (broad SMARTS) is 1. The van der Waals surface area contributed by atoms with Crippen molar-refractivity contribution in [2.24, 2.45) is 0 Å². The molecule has 2 heterocycles. The van der Waals surface area contributed by atoms with Crippen molar-refractivity contribution in [3.8, 4) is 0 Å². The number of nitrogens with zero attached hydrogens (tertiary/aromatic N) is 4. The Labute approximate surface area is 139 Å². The van der Waals surface area contributed by atoms with Crippen LogP contribution in [0, 0.1) is 13.8 Å². The molecule has 0 atom stereocenters. The molecule has 0 aliphatic carbocycles. The molecule has 0 aliphatic heterocycles. The van der Waals surface area contributed by atoms with E-state index >= 15 is 0 Å². The molecule has 24 heavy (non-hydrogen) atoms. The minimum absolute atomic E-state index is 0.182. The third kappa shape index (κ3) is 3.30. The summed E-state index contributed by atoms with van der Waals surface area (Å²) in [4.78, 5) is 12.7. The number of hydrogen-bond donors (Lipinski definition) is 1. The van der Waals surface area contributed by atoms with E-state index in [0.29, 0.717) is 13.1 Å². The third-order valence-electron chi connectivity index (χ3n) is 3.99. The van der Waals surface area contributed by atoms with Crippen LogP contribution >= 0.6 is 0 Å². The van der Waals surface area contributed by atoms with Crippen molar-refractivity contribution in [3.63, 3.8) is 0 Å². The molecule has 0 bridgehead atoms. The Morgan fingerprint density at radius 2 is 2.12 bits per heavy atom. The summed E-state index contributed by atoms with van der Waals surface area (Å²) >= 11 is 0. The van der Waals surface area contributed by atoms with Gasteiger partial charge in [0.15, 0.2) is 0 Å². The van der Waals surface area contributed by atoms with E-state index in [0.717, 1.165) is 33.6 Å². The summed E-state index contributed by atoms with van der Waals surface area (Å²) in [5, 5.41) is 17.7. The molecule has 1 aromatic carbocycles. The van der Waals surface area contributed by atoms with Crippen LogP contribution in [0.25, 0.3) is 11.0 Å². The van der Waals surface area contributed by atoms with Crippen LogP contribution in [0.2, 0.25) is 0 Å².